The molecule has 1 amide bonds. The van der Waals surface area contributed by atoms with Gasteiger partial charge in [0.2, 0.25) is 0 Å². The normalized spacial score (nSPS) is 11.0. The van der Waals surface area contributed by atoms with Crippen LogP contribution < -0.4 is 24.4 Å². The van der Waals surface area contributed by atoms with E-state index in [0.29, 0.717) is 28.6 Å². The summed E-state index contributed by atoms with van der Waals surface area (Å²) in [6.45, 7) is 7.80. The van der Waals surface area contributed by atoms with Crippen LogP contribution in [0.3, 0.4) is 0 Å². The Morgan fingerprint density at radius 3 is 2.17 bits per heavy atom. The van der Waals surface area contributed by atoms with Gasteiger partial charge in [-0.05, 0) is 52.0 Å². The molecule has 0 heterocycles. The number of nitrogens with zero attached hydrogens (tertiary/aromatic N) is 1. The van der Waals surface area contributed by atoms with Crippen molar-refractivity contribution in [3.8, 4) is 23.0 Å². The fraction of sp³-hybridized carbons (Fsp3) is 0.364. The second-order valence-electron chi connectivity index (χ2n) is 6.80. The van der Waals surface area contributed by atoms with Gasteiger partial charge >= 0.3 is 0 Å². The molecule has 156 valence electrons. The van der Waals surface area contributed by atoms with Crippen LogP contribution in [0.5, 0.6) is 23.0 Å². The quantitative estimate of drug-likeness (QED) is 0.508. The molecule has 0 atom stereocenters. The second kappa shape index (κ2) is 10.4. The molecule has 7 heteroatoms. The smallest absolute Gasteiger partial charge is 0.275 e. The largest absolute Gasteiger partial charge is 0.497 e. The Labute approximate surface area is 171 Å². The molecule has 0 aromatic heterocycles. The predicted molar refractivity (Wildman–Crippen MR) is 113 cm³/mol. The highest BCUT2D eigenvalue weighted by atomic mass is 16.5. The first-order valence-electron chi connectivity index (χ1n) is 9.36. The van der Waals surface area contributed by atoms with E-state index in [0.717, 1.165) is 5.56 Å². The average molecular weight is 400 g/mol. The molecular formula is C22H28N2O5. The lowest BCUT2D eigenvalue weighted by atomic mass is 10.2. The highest BCUT2D eigenvalue weighted by molar-refractivity contribution is 5.97. The van der Waals surface area contributed by atoms with Crippen molar-refractivity contribution in [1.29, 1.82) is 0 Å². The third-order valence-electron chi connectivity index (χ3n) is 3.74. The molecule has 0 saturated carbocycles. The van der Waals surface area contributed by atoms with Crippen LogP contribution in [0.25, 0.3) is 0 Å². The number of ether oxygens (including phenoxy) is 4. The summed E-state index contributed by atoms with van der Waals surface area (Å²) in [6.07, 6.45) is 1.57. The summed E-state index contributed by atoms with van der Waals surface area (Å²) in [5.74, 6) is 1.93. The molecule has 0 bridgehead atoms. The lowest BCUT2D eigenvalue weighted by molar-refractivity contribution is 0.0952. The Hall–Kier alpha value is -3.22. The minimum Gasteiger partial charge on any atom is -0.497 e. The Bertz CT molecular complexity index is 862. The summed E-state index contributed by atoms with van der Waals surface area (Å²) < 4.78 is 22.0. The van der Waals surface area contributed by atoms with Crippen molar-refractivity contribution in [2.75, 3.05) is 14.2 Å². The van der Waals surface area contributed by atoms with Crippen molar-refractivity contribution in [3.63, 3.8) is 0 Å². The molecule has 0 aliphatic rings. The van der Waals surface area contributed by atoms with Crippen LogP contribution in [0, 0.1) is 0 Å². The highest BCUT2D eigenvalue weighted by Gasteiger charge is 2.13. The monoisotopic (exact) mass is 400 g/mol. The number of amides is 1. The van der Waals surface area contributed by atoms with E-state index in [2.05, 4.69) is 10.5 Å². The first-order chi connectivity index (χ1) is 13.8. The summed E-state index contributed by atoms with van der Waals surface area (Å²) >= 11 is 0. The Morgan fingerprint density at radius 1 is 0.897 bits per heavy atom. The van der Waals surface area contributed by atoms with Gasteiger partial charge in [0.05, 0.1) is 38.2 Å². The number of carbonyl (C=O) groups is 1. The summed E-state index contributed by atoms with van der Waals surface area (Å²) in [4.78, 5) is 12.5. The van der Waals surface area contributed by atoms with Gasteiger partial charge < -0.3 is 18.9 Å². The molecule has 29 heavy (non-hydrogen) atoms. The lowest BCUT2D eigenvalue weighted by Crippen LogP contribution is -2.18. The topological polar surface area (TPSA) is 78.4 Å². The molecule has 0 fully saturated rings. The average Bonchev–Trinajstić information content (AvgIpc) is 2.68. The van der Waals surface area contributed by atoms with E-state index in [-0.39, 0.29) is 12.2 Å². The molecule has 2 aromatic carbocycles. The number of benzene rings is 2. The number of nitrogens with one attached hydrogen (secondary N) is 1. The number of rotatable bonds is 9. The summed E-state index contributed by atoms with van der Waals surface area (Å²) in [6, 6.07) is 10.4. The maximum absolute atomic E-state index is 12.5. The Morgan fingerprint density at radius 2 is 1.55 bits per heavy atom. The predicted octanol–water partition coefficient (Wildman–Crippen LogP) is 4.04. The molecule has 7 nitrogen and oxygen atoms in total. The van der Waals surface area contributed by atoms with Gasteiger partial charge in [-0.2, -0.15) is 5.10 Å². The van der Waals surface area contributed by atoms with Crippen LogP contribution in [0.2, 0.25) is 0 Å². The zero-order valence-electron chi connectivity index (χ0n) is 17.7. The van der Waals surface area contributed by atoms with Crippen LogP contribution in [-0.4, -0.2) is 38.5 Å². The van der Waals surface area contributed by atoms with Gasteiger partial charge in [-0.15, -0.1) is 0 Å². The molecule has 0 radical (unpaired) electrons. The van der Waals surface area contributed by atoms with E-state index < -0.39 is 5.91 Å². The standard InChI is InChI=1S/C22H28N2O5/c1-14(2)28-18-8-7-16(20(12-18)29-15(3)4)13-23-24-22(25)19-10-9-17(26-5)11-21(19)27-6/h7-15H,1-6H3,(H,24,25). The van der Waals surface area contributed by atoms with Crippen molar-refractivity contribution in [2.45, 2.75) is 39.9 Å². The van der Waals surface area contributed by atoms with Gasteiger partial charge in [0, 0.05) is 17.7 Å². The van der Waals surface area contributed by atoms with Crippen LogP contribution in [0.1, 0.15) is 43.6 Å². The van der Waals surface area contributed by atoms with Crippen molar-refractivity contribution >= 4 is 12.1 Å². The van der Waals surface area contributed by atoms with Gasteiger partial charge in [0.15, 0.2) is 0 Å². The van der Waals surface area contributed by atoms with Crippen LogP contribution in [0.4, 0.5) is 0 Å². The molecule has 0 unspecified atom stereocenters. The zero-order chi connectivity index (χ0) is 21.4. The van der Waals surface area contributed by atoms with E-state index >= 15 is 0 Å². The number of hydrazone groups is 1. The van der Waals surface area contributed by atoms with Crippen molar-refractivity contribution < 1.29 is 23.7 Å². The molecule has 0 saturated heterocycles. The van der Waals surface area contributed by atoms with Gasteiger partial charge in [-0.1, -0.05) is 0 Å². The highest BCUT2D eigenvalue weighted by Crippen LogP contribution is 2.26. The number of hydrogen-bond acceptors (Lipinski definition) is 6. The molecule has 0 aliphatic heterocycles. The van der Waals surface area contributed by atoms with Gasteiger partial charge in [0.1, 0.15) is 23.0 Å². The van der Waals surface area contributed by atoms with Crippen molar-refractivity contribution in [1.82, 2.24) is 5.43 Å². The molecular weight excluding hydrogens is 372 g/mol. The van der Waals surface area contributed by atoms with Gasteiger partial charge in [-0.3, -0.25) is 4.79 Å². The molecule has 0 spiro atoms. The van der Waals surface area contributed by atoms with Crippen molar-refractivity contribution in [3.05, 3.63) is 47.5 Å². The first kappa shape index (κ1) is 22.1. The van der Waals surface area contributed by atoms with E-state index in [1.165, 1.54) is 13.3 Å². The Balaban J connectivity index is 2.17. The molecule has 1 N–H and O–H groups in total. The van der Waals surface area contributed by atoms with Gasteiger partial charge in [0.25, 0.3) is 5.91 Å². The zero-order valence-corrected chi connectivity index (χ0v) is 17.7. The Kier molecular flexibility index (Phi) is 7.88. The third-order valence-corrected chi connectivity index (χ3v) is 3.74. The van der Waals surface area contributed by atoms with E-state index in [9.17, 15) is 4.79 Å². The fourth-order valence-corrected chi connectivity index (χ4v) is 2.53. The number of methoxy groups -OCH3 is 2. The molecule has 2 aromatic rings. The summed E-state index contributed by atoms with van der Waals surface area (Å²) in [5.41, 5.74) is 3.58. The maximum Gasteiger partial charge on any atom is 0.275 e. The number of carbonyl (C=O) groups excluding carboxylic acids is 1. The molecule has 0 aliphatic carbocycles. The maximum atomic E-state index is 12.5. The van der Waals surface area contributed by atoms with E-state index in [4.69, 9.17) is 18.9 Å². The SMILES string of the molecule is COc1ccc(C(=O)NN=Cc2ccc(OC(C)C)cc2OC(C)C)c(OC)c1. The minimum atomic E-state index is -0.396. The van der Waals surface area contributed by atoms with Crippen molar-refractivity contribution in [2.24, 2.45) is 5.10 Å². The summed E-state index contributed by atoms with van der Waals surface area (Å²) in [5, 5.41) is 4.06. The first-order valence-corrected chi connectivity index (χ1v) is 9.36. The van der Waals surface area contributed by atoms with E-state index in [1.807, 2.05) is 45.9 Å². The van der Waals surface area contributed by atoms with Gasteiger partial charge in [-0.25, -0.2) is 5.43 Å². The fourth-order valence-electron chi connectivity index (χ4n) is 2.53. The number of hydrogen-bond donors (Lipinski definition) is 1. The second-order valence-corrected chi connectivity index (χ2v) is 6.80. The lowest BCUT2D eigenvalue weighted by Gasteiger charge is -2.15. The van der Waals surface area contributed by atoms with Crippen LogP contribution in [-0.2, 0) is 0 Å². The summed E-state index contributed by atoms with van der Waals surface area (Å²) in [7, 11) is 3.04. The minimum absolute atomic E-state index is 0.0189. The van der Waals surface area contributed by atoms with E-state index in [1.54, 1.807) is 25.3 Å². The third kappa shape index (κ3) is 6.41. The van der Waals surface area contributed by atoms with Crippen LogP contribution in [0.15, 0.2) is 41.5 Å². The van der Waals surface area contributed by atoms with Crippen LogP contribution >= 0.6 is 0 Å². The molecule has 2 rings (SSSR count).